The number of halogens is 2. The SMILES string of the molecule is CCCN(CC#N)C(=O)C(O)c1cc(Cl)cc(Cl)c1. The lowest BCUT2D eigenvalue weighted by atomic mass is 10.1. The van der Waals surface area contributed by atoms with Crippen molar-refractivity contribution in [2.45, 2.75) is 19.4 Å². The predicted molar refractivity (Wildman–Crippen MR) is 73.9 cm³/mol. The number of amides is 1. The Kier molecular flexibility index (Phi) is 6.10. The van der Waals surface area contributed by atoms with E-state index in [1.54, 1.807) is 0 Å². The fourth-order valence-corrected chi connectivity index (χ4v) is 2.21. The van der Waals surface area contributed by atoms with Gasteiger partial charge in [-0.15, -0.1) is 0 Å². The molecule has 1 rings (SSSR count). The Labute approximate surface area is 122 Å². The second-order valence-corrected chi connectivity index (χ2v) is 4.90. The summed E-state index contributed by atoms with van der Waals surface area (Å²) in [5, 5.41) is 19.4. The van der Waals surface area contributed by atoms with Crippen LogP contribution >= 0.6 is 23.2 Å². The molecule has 1 aromatic rings. The second kappa shape index (κ2) is 7.34. The molecule has 0 fully saturated rings. The molecule has 0 aromatic heterocycles. The summed E-state index contributed by atoms with van der Waals surface area (Å²) in [6.45, 7) is 2.25. The van der Waals surface area contributed by atoms with Crippen molar-refractivity contribution in [3.05, 3.63) is 33.8 Å². The number of hydrogen-bond donors (Lipinski definition) is 1. The van der Waals surface area contributed by atoms with Gasteiger partial charge < -0.3 is 10.0 Å². The molecule has 6 heteroatoms. The van der Waals surface area contributed by atoms with Gasteiger partial charge in [0.15, 0.2) is 6.10 Å². The van der Waals surface area contributed by atoms with Gasteiger partial charge in [0.25, 0.3) is 5.91 Å². The van der Waals surface area contributed by atoms with Gasteiger partial charge in [-0.05, 0) is 30.2 Å². The van der Waals surface area contributed by atoms with E-state index in [1.807, 2.05) is 13.0 Å². The third-order valence-electron chi connectivity index (χ3n) is 2.50. The van der Waals surface area contributed by atoms with Crippen molar-refractivity contribution >= 4 is 29.1 Å². The van der Waals surface area contributed by atoms with Gasteiger partial charge >= 0.3 is 0 Å². The van der Waals surface area contributed by atoms with E-state index in [2.05, 4.69) is 0 Å². The topological polar surface area (TPSA) is 64.3 Å². The van der Waals surface area contributed by atoms with E-state index in [-0.39, 0.29) is 6.54 Å². The summed E-state index contributed by atoms with van der Waals surface area (Å²) in [5.41, 5.74) is 0.321. The highest BCUT2D eigenvalue weighted by molar-refractivity contribution is 6.34. The molecule has 0 saturated heterocycles. The van der Waals surface area contributed by atoms with Gasteiger partial charge in [0, 0.05) is 16.6 Å². The smallest absolute Gasteiger partial charge is 0.256 e. The van der Waals surface area contributed by atoms with Crippen LogP contribution in [0.5, 0.6) is 0 Å². The zero-order valence-corrected chi connectivity index (χ0v) is 11.9. The molecule has 1 amide bonds. The Hall–Kier alpha value is -1.28. The van der Waals surface area contributed by atoms with Crippen molar-refractivity contribution < 1.29 is 9.90 Å². The van der Waals surface area contributed by atoms with Crippen LogP contribution in [0, 0.1) is 11.3 Å². The standard InChI is InChI=1S/C13H14Cl2N2O2/c1-2-4-17(5-3-16)13(19)12(18)9-6-10(14)8-11(15)7-9/h6-8,12,18H,2,4-5H2,1H3. The van der Waals surface area contributed by atoms with Crippen molar-refractivity contribution in [3.63, 3.8) is 0 Å². The van der Waals surface area contributed by atoms with E-state index >= 15 is 0 Å². The molecule has 0 radical (unpaired) electrons. The maximum atomic E-state index is 12.1. The normalized spacial score (nSPS) is 11.7. The maximum absolute atomic E-state index is 12.1. The number of benzene rings is 1. The average molecular weight is 301 g/mol. The minimum absolute atomic E-state index is 0.0575. The van der Waals surface area contributed by atoms with Crippen LogP contribution in [0.1, 0.15) is 25.0 Å². The number of hydrogen-bond acceptors (Lipinski definition) is 3. The molecule has 4 nitrogen and oxygen atoms in total. The van der Waals surface area contributed by atoms with Crippen LogP contribution in [0.4, 0.5) is 0 Å². The average Bonchev–Trinajstić information content (AvgIpc) is 2.35. The highest BCUT2D eigenvalue weighted by atomic mass is 35.5. The van der Waals surface area contributed by atoms with Crippen LogP contribution in [0.25, 0.3) is 0 Å². The highest BCUT2D eigenvalue weighted by Gasteiger charge is 2.23. The lowest BCUT2D eigenvalue weighted by Gasteiger charge is -2.22. The lowest BCUT2D eigenvalue weighted by Crippen LogP contribution is -2.36. The third-order valence-corrected chi connectivity index (χ3v) is 2.94. The first kappa shape index (κ1) is 15.8. The van der Waals surface area contributed by atoms with Gasteiger partial charge in [0.1, 0.15) is 6.54 Å². The number of rotatable bonds is 5. The van der Waals surface area contributed by atoms with Crippen LogP contribution in [0.15, 0.2) is 18.2 Å². The molecular formula is C13H14Cl2N2O2. The molecule has 1 N–H and O–H groups in total. The van der Waals surface area contributed by atoms with Crippen molar-refractivity contribution in [1.29, 1.82) is 5.26 Å². The largest absolute Gasteiger partial charge is 0.378 e. The summed E-state index contributed by atoms with van der Waals surface area (Å²) in [6.07, 6.45) is -0.660. The van der Waals surface area contributed by atoms with Crippen LogP contribution in [0.2, 0.25) is 10.0 Å². The van der Waals surface area contributed by atoms with Gasteiger partial charge in [0.2, 0.25) is 0 Å². The van der Waals surface area contributed by atoms with E-state index in [4.69, 9.17) is 28.5 Å². The van der Waals surface area contributed by atoms with Crippen LogP contribution < -0.4 is 0 Å². The monoisotopic (exact) mass is 300 g/mol. The first-order valence-corrected chi connectivity index (χ1v) is 6.55. The predicted octanol–water partition coefficient (Wildman–Crippen LogP) is 2.79. The Morgan fingerprint density at radius 1 is 1.42 bits per heavy atom. The highest BCUT2D eigenvalue weighted by Crippen LogP contribution is 2.24. The first-order valence-electron chi connectivity index (χ1n) is 5.79. The van der Waals surface area contributed by atoms with E-state index < -0.39 is 12.0 Å². The molecule has 0 spiro atoms. The van der Waals surface area contributed by atoms with Crippen molar-refractivity contribution in [2.75, 3.05) is 13.1 Å². The molecule has 0 aliphatic carbocycles. The van der Waals surface area contributed by atoms with E-state index in [0.29, 0.717) is 28.6 Å². The number of carbonyl (C=O) groups is 1. The quantitative estimate of drug-likeness (QED) is 0.851. The first-order chi connectivity index (χ1) is 8.99. The maximum Gasteiger partial charge on any atom is 0.256 e. The fourth-order valence-electron chi connectivity index (χ4n) is 1.67. The minimum atomic E-state index is -1.36. The van der Waals surface area contributed by atoms with Gasteiger partial charge in [-0.2, -0.15) is 5.26 Å². The Bertz CT molecular complexity index is 480. The molecule has 19 heavy (non-hydrogen) atoms. The second-order valence-electron chi connectivity index (χ2n) is 4.02. The minimum Gasteiger partial charge on any atom is -0.378 e. The Morgan fingerprint density at radius 2 is 2.00 bits per heavy atom. The summed E-state index contributed by atoms with van der Waals surface area (Å²) < 4.78 is 0. The van der Waals surface area contributed by atoms with Gasteiger partial charge in [-0.1, -0.05) is 30.1 Å². The lowest BCUT2D eigenvalue weighted by molar-refractivity contribution is -0.139. The summed E-state index contributed by atoms with van der Waals surface area (Å²) in [6, 6.07) is 6.38. The third kappa shape index (κ3) is 4.39. The van der Waals surface area contributed by atoms with Crippen LogP contribution in [0.3, 0.4) is 0 Å². The van der Waals surface area contributed by atoms with Crippen molar-refractivity contribution in [3.8, 4) is 6.07 Å². The zero-order chi connectivity index (χ0) is 14.4. The van der Waals surface area contributed by atoms with Gasteiger partial charge in [0.05, 0.1) is 6.07 Å². The van der Waals surface area contributed by atoms with Gasteiger partial charge in [-0.25, -0.2) is 0 Å². The number of carbonyl (C=O) groups excluding carboxylic acids is 1. The van der Waals surface area contributed by atoms with Crippen molar-refractivity contribution in [2.24, 2.45) is 0 Å². The fraction of sp³-hybridized carbons (Fsp3) is 0.385. The molecule has 1 unspecified atom stereocenters. The number of aliphatic hydroxyl groups excluding tert-OH is 1. The van der Waals surface area contributed by atoms with E-state index in [0.717, 1.165) is 0 Å². The van der Waals surface area contributed by atoms with Crippen LogP contribution in [-0.4, -0.2) is 29.0 Å². The van der Waals surface area contributed by atoms with Gasteiger partial charge in [-0.3, -0.25) is 4.79 Å². The Morgan fingerprint density at radius 3 is 2.47 bits per heavy atom. The summed E-state index contributed by atoms with van der Waals surface area (Å²) in [5.74, 6) is -0.526. The number of nitrogens with zero attached hydrogens (tertiary/aromatic N) is 2. The summed E-state index contributed by atoms with van der Waals surface area (Å²) in [4.78, 5) is 13.4. The van der Waals surface area contributed by atoms with E-state index in [9.17, 15) is 9.90 Å². The molecule has 0 aliphatic rings. The molecular weight excluding hydrogens is 287 g/mol. The van der Waals surface area contributed by atoms with Crippen molar-refractivity contribution in [1.82, 2.24) is 4.90 Å². The molecule has 0 aliphatic heterocycles. The zero-order valence-electron chi connectivity index (χ0n) is 10.4. The number of aliphatic hydroxyl groups is 1. The van der Waals surface area contributed by atoms with E-state index in [1.165, 1.54) is 23.1 Å². The molecule has 0 saturated carbocycles. The molecule has 0 heterocycles. The molecule has 1 aromatic carbocycles. The molecule has 0 bridgehead atoms. The summed E-state index contributed by atoms with van der Waals surface area (Å²) >= 11 is 11.7. The molecule has 1 atom stereocenters. The molecule has 102 valence electrons. The van der Waals surface area contributed by atoms with Crippen LogP contribution in [-0.2, 0) is 4.79 Å². The Balaban J connectivity index is 2.94. The summed E-state index contributed by atoms with van der Waals surface area (Å²) in [7, 11) is 0. The number of nitriles is 1.